The van der Waals surface area contributed by atoms with Crippen LogP contribution in [-0.4, -0.2) is 43.3 Å². The van der Waals surface area contributed by atoms with Crippen molar-refractivity contribution in [1.82, 2.24) is 10.2 Å². The third-order valence-electron chi connectivity index (χ3n) is 3.63. The predicted octanol–water partition coefficient (Wildman–Crippen LogP) is 1.06. The molecule has 0 radical (unpaired) electrons. The second-order valence-electron chi connectivity index (χ2n) is 4.96. The summed E-state index contributed by atoms with van der Waals surface area (Å²) in [6, 6.07) is 0. The fourth-order valence-electron chi connectivity index (χ4n) is 2.35. The molecule has 1 aliphatic rings. The van der Waals surface area contributed by atoms with Crippen molar-refractivity contribution in [3.05, 3.63) is 0 Å². The summed E-state index contributed by atoms with van der Waals surface area (Å²) in [6.45, 7) is 6.02. The van der Waals surface area contributed by atoms with E-state index >= 15 is 0 Å². The van der Waals surface area contributed by atoms with E-state index in [1.54, 1.807) is 11.8 Å². The summed E-state index contributed by atoms with van der Waals surface area (Å²) < 4.78 is 0. The quantitative estimate of drug-likeness (QED) is 0.781. The van der Waals surface area contributed by atoms with Crippen LogP contribution >= 0.6 is 0 Å². The van der Waals surface area contributed by atoms with E-state index in [4.69, 9.17) is 0 Å². The average molecular weight is 240 g/mol. The molecule has 1 amide bonds. The number of carbonyl (C=O) groups is 2. The molecule has 0 spiro atoms. The van der Waals surface area contributed by atoms with Crippen LogP contribution in [0.5, 0.6) is 0 Å². The van der Waals surface area contributed by atoms with Gasteiger partial charge in [0, 0.05) is 25.4 Å². The van der Waals surface area contributed by atoms with E-state index in [1.165, 1.54) is 0 Å². The van der Waals surface area contributed by atoms with Crippen LogP contribution < -0.4 is 5.32 Å². The zero-order chi connectivity index (χ0) is 12.8. The highest BCUT2D eigenvalue weighted by Gasteiger charge is 2.25. The lowest BCUT2D eigenvalue weighted by molar-refractivity contribution is -0.136. The molecule has 1 atom stereocenters. The van der Waals surface area contributed by atoms with Gasteiger partial charge in [0.15, 0.2) is 0 Å². The second-order valence-corrected chi connectivity index (χ2v) is 4.96. The van der Waals surface area contributed by atoms with Gasteiger partial charge in [0.1, 0.15) is 5.78 Å². The van der Waals surface area contributed by atoms with Gasteiger partial charge in [-0.05, 0) is 39.3 Å². The van der Waals surface area contributed by atoms with Crippen LogP contribution in [0.2, 0.25) is 0 Å². The molecule has 0 saturated carbocycles. The van der Waals surface area contributed by atoms with Gasteiger partial charge >= 0.3 is 0 Å². The molecule has 0 aromatic heterocycles. The topological polar surface area (TPSA) is 49.4 Å². The Morgan fingerprint density at radius 1 is 1.35 bits per heavy atom. The number of amides is 1. The van der Waals surface area contributed by atoms with Crippen LogP contribution in [0.15, 0.2) is 0 Å². The number of ketones is 1. The standard InChI is InChI=1S/C13H24N2O2/c1-4-11(10(2)16)9-15(3)13(17)12-5-7-14-8-6-12/h11-12,14H,4-9H2,1-3H3. The smallest absolute Gasteiger partial charge is 0.225 e. The number of piperidine rings is 1. The molecular weight excluding hydrogens is 216 g/mol. The molecule has 17 heavy (non-hydrogen) atoms. The molecule has 4 heteroatoms. The summed E-state index contributed by atoms with van der Waals surface area (Å²) in [5.41, 5.74) is 0. The molecule has 1 aliphatic heterocycles. The summed E-state index contributed by atoms with van der Waals surface area (Å²) in [6.07, 6.45) is 2.64. The molecule has 0 aromatic rings. The van der Waals surface area contributed by atoms with E-state index in [0.717, 1.165) is 32.4 Å². The van der Waals surface area contributed by atoms with E-state index in [9.17, 15) is 9.59 Å². The van der Waals surface area contributed by atoms with E-state index in [-0.39, 0.29) is 23.5 Å². The van der Waals surface area contributed by atoms with Crippen LogP contribution in [0.1, 0.15) is 33.1 Å². The first kappa shape index (κ1) is 14.2. The fraction of sp³-hybridized carbons (Fsp3) is 0.846. The lowest BCUT2D eigenvalue weighted by atomic mass is 9.95. The van der Waals surface area contributed by atoms with Crippen molar-refractivity contribution in [3.63, 3.8) is 0 Å². The number of carbonyl (C=O) groups excluding carboxylic acids is 2. The van der Waals surface area contributed by atoms with E-state index in [0.29, 0.717) is 6.54 Å². The van der Waals surface area contributed by atoms with Crippen LogP contribution in [0, 0.1) is 11.8 Å². The van der Waals surface area contributed by atoms with Gasteiger partial charge < -0.3 is 10.2 Å². The Labute approximate surface area is 104 Å². The minimum atomic E-state index is -0.00864. The van der Waals surface area contributed by atoms with E-state index < -0.39 is 0 Å². The maximum absolute atomic E-state index is 12.2. The monoisotopic (exact) mass is 240 g/mol. The molecule has 0 bridgehead atoms. The maximum atomic E-state index is 12.2. The van der Waals surface area contributed by atoms with Crippen molar-refractivity contribution in [2.75, 3.05) is 26.7 Å². The van der Waals surface area contributed by atoms with Gasteiger partial charge in [0.25, 0.3) is 0 Å². The van der Waals surface area contributed by atoms with E-state index in [1.807, 2.05) is 14.0 Å². The zero-order valence-corrected chi connectivity index (χ0v) is 11.2. The number of Topliss-reactive ketones (excluding diaryl/α,β-unsaturated/α-hetero) is 1. The third kappa shape index (κ3) is 4.11. The van der Waals surface area contributed by atoms with Crippen molar-refractivity contribution in [2.45, 2.75) is 33.1 Å². The maximum Gasteiger partial charge on any atom is 0.225 e. The highest BCUT2D eigenvalue weighted by molar-refractivity contribution is 5.81. The normalized spacial score (nSPS) is 18.8. The van der Waals surface area contributed by atoms with Crippen LogP contribution in [0.25, 0.3) is 0 Å². The summed E-state index contributed by atoms with van der Waals surface area (Å²) in [7, 11) is 1.82. The number of hydrogen-bond donors (Lipinski definition) is 1. The van der Waals surface area contributed by atoms with Gasteiger partial charge in [-0.3, -0.25) is 9.59 Å². The van der Waals surface area contributed by atoms with Crippen molar-refractivity contribution in [3.8, 4) is 0 Å². The third-order valence-corrected chi connectivity index (χ3v) is 3.63. The number of hydrogen-bond acceptors (Lipinski definition) is 3. The van der Waals surface area contributed by atoms with Crippen molar-refractivity contribution in [1.29, 1.82) is 0 Å². The molecule has 1 N–H and O–H groups in total. The van der Waals surface area contributed by atoms with Crippen molar-refractivity contribution in [2.24, 2.45) is 11.8 Å². The molecule has 1 rings (SSSR count). The van der Waals surface area contributed by atoms with Gasteiger partial charge in [-0.2, -0.15) is 0 Å². The molecule has 1 fully saturated rings. The predicted molar refractivity (Wildman–Crippen MR) is 67.7 cm³/mol. The van der Waals surface area contributed by atoms with E-state index in [2.05, 4.69) is 5.32 Å². The Balaban J connectivity index is 2.47. The minimum absolute atomic E-state index is 0.00864. The second kappa shape index (κ2) is 6.74. The number of nitrogens with zero attached hydrogens (tertiary/aromatic N) is 1. The van der Waals surface area contributed by atoms with Crippen LogP contribution in [-0.2, 0) is 9.59 Å². The average Bonchev–Trinajstić information content (AvgIpc) is 2.35. The molecule has 1 saturated heterocycles. The van der Waals surface area contributed by atoms with Gasteiger partial charge in [-0.15, -0.1) is 0 Å². The summed E-state index contributed by atoms with van der Waals surface area (Å²) in [5, 5.41) is 3.25. The SMILES string of the molecule is CCC(CN(C)C(=O)C1CCNCC1)C(C)=O. The van der Waals surface area contributed by atoms with Gasteiger partial charge in [-0.1, -0.05) is 6.92 Å². The molecule has 1 unspecified atom stereocenters. The first-order chi connectivity index (χ1) is 8.06. The lowest BCUT2D eigenvalue weighted by Crippen LogP contribution is -2.41. The highest BCUT2D eigenvalue weighted by Crippen LogP contribution is 2.16. The van der Waals surface area contributed by atoms with Crippen LogP contribution in [0.3, 0.4) is 0 Å². The number of rotatable bonds is 5. The Hall–Kier alpha value is -0.900. The van der Waals surface area contributed by atoms with Crippen molar-refractivity contribution < 1.29 is 9.59 Å². The van der Waals surface area contributed by atoms with Crippen molar-refractivity contribution >= 4 is 11.7 Å². The Bertz CT molecular complexity index is 273. The Kier molecular flexibility index (Phi) is 5.62. The van der Waals surface area contributed by atoms with Crippen LogP contribution in [0.4, 0.5) is 0 Å². The molecule has 98 valence electrons. The Morgan fingerprint density at radius 3 is 2.41 bits per heavy atom. The summed E-state index contributed by atoms with van der Waals surface area (Å²) in [4.78, 5) is 25.3. The number of nitrogens with one attached hydrogen (secondary N) is 1. The fourth-order valence-corrected chi connectivity index (χ4v) is 2.35. The lowest BCUT2D eigenvalue weighted by Gasteiger charge is -2.28. The first-order valence-corrected chi connectivity index (χ1v) is 6.52. The molecule has 1 heterocycles. The molecule has 0 aliphatic carbocycles. The molecular formula is C13H24N2O2. The molecule has 0 aromatic carbocycles. The highest BCUT2D eigenvalue weighted by atomic mass is 16.2. The Morgan fingerprint density at radius 2 is 1.94 bits per heavy atom. The largest absolute Gasteiger partial charge is 0.345 e. The zero-order valence-electron chi connectivity index (χ0n) is 11.2. The summed E-state index contributed by atoms with van der Waals surface area (Å²) in [5.74, 6) is 0.514. The minimum Gasteiger partial charge on any atom is -0.345 e. The summed E-state index contributed by atoms with van der Waals surface area (Å²) >= 11 is 0. The van der Waals surface area contributed by atoms with Gasteiger partial charge in [0.05, 0.1) is 0 Å². The molecule has 4 nitrogen and oxygen atoms in total. The van der Waals surface area contributed by atoms with Gasteiger partial charge in [0.2, 0.25) is 5.91 Å². The first-order valence-electron chi connectivity index (χ1n) is 6.52. The van der Waals surface area contributed by atoms with Gasteiger partial charge in [-0.25, -0.2) is 0 Å².